The van der Waals surface area contributed by atoms with Gasteiger partial charge in [-0.25, -0.2) is 9.98 Å². The van der Waals surface area contributed by atoms with Crippen molar-refractivity contribution in [2.45, 2.75) is 31.0 Å². The highest BCUT2D eigenvalue weighted by Crippen LogP contribution is 2.55. The van der Waals surface area contributed by atoms with Crippen LogP contribution in [-0.2, 0) is 5.54 Å². The molecule has 6 aromatic heterocycles. The van der Waals surface area contributed by atoms with Crippen LogP contribution in [0, 0.1) is 17.8 Å². The van der Waals surface area contributed by atoms with Gasteiger partial charge in [-0.05, 0) is 182 Å². The van der Waals surface area contributed by atoms with E-state index in [9.17, 15) is 0 Å². The number of fused-ring (bicyclic) bond motifs is 24. The Balaban J connectivity index is 0.613. The van der Waals surface area contributed by atoms with E-state index in [4.69, 9.17) is 14.4 Å². The van der Waals surface area contributed by atoms with E-state index in [-0.39, 0.29) is 18.0 Å². The lowest BCUT2D eigenvalue weighted by atomic mass is 9.71. The third-order valence-corrected chi connectivity index (χ3v) is 28.3. The zero-order chi connectivity index (χ0) is 74.1. The van der Waals surface area contributed by atoms with Gasteiger partial charge in [-0.3, -0.25) is 0 Å². The Morgan fingerprint density at radius 1 is 0.496 bits per heavy atom. The van der Waals surface area contributed by atoms with Crippen LogP contribution in [0.2, 0.25) is 0 Å². The molecule has 25 rings (SSSR count). The third-order valence-electron chi connectivity index (χ3n) is 24.9. The average molecular weight is 1500 g/mol. The Morgan fingerprint density at radius 3 is 1.94 bits per heavy atom. The number of thiophene rings is 3. The van der Waals surface area contributed by atoms with E-state index in [0.717, 1.165) is 100 Å². The van der Waals surface area contributed by atoms with Crippen molar-refractivity contribution in [1.29, 1.82) is 0 Å². The molecule has 14 aromatic carbocycles. The Kier molecular flexibility index (Phi) is 13.4. The highest BCUT2D eigenvalue weighted by atomic mass is 32.1. The second-order valence-electron chi connectivity index (χ2n) is 31.1. The SMILES string of the molecule is CN1c2c(oc3cc(-c4ccc5cc6c(cc5c4)c4cc5ccccc5cc4n6C4(C)C=CC(C5=Nc6c(sc7ccccc67)NC5c5ccc6c(c5)sc5ccccc56)=C5C#CC=CC54)ccc23)N=C(C2=Cc3sc4ccccc4c3C=CC2)C1c1cccc(-n2c3cc4ccccc4cc3c3ccc4ccccc4c32)c1. The molecule has 8 heterocycles. The van der Waals surface area contributed by atoms with Crippen molar-refractivity contribution in [3.05, 3.63) is 342 Å². The molecule has 113 heavy (non-hydrogen) atoms. The average Bonchev–Trinajstić information content (AvgIpc) is 1.51. The van der Waals surface area contributed by atoms with Crippen molar-refractivity contribution in [1.82, 2.24) is 9.13 Å². The van der Waals surface area contributed by atoms with Crippen LogP contribution in [0.4, 0.5) is 22.3 Å². The predicted molar refractivity (Wildman–Crippen MR) is 482 cm³/mol. The van der Waals surface area contributed by atoms with Crippen LogP contribution in [0.5, 0.6) is 0 Å². The standard InChI is InChI=1S/C103H64N6OS3/c1-103(46-45-77(72-28-9-13-33-84(72)103)96-94(106-102-97(104-96)80-31-12-16-36-91(80)113-102)67-41-42-76-74-30-11-15-35-90(74)112-93(76)57-67)109-86-53-62-23-6-4-21-60(62)50-82(86)83-51-69-47-63(37-38-64(69)54-87(83)109)65-40-44-79-88(55-65)110-101-100(79)107(2)98(95(105-101)66-24-18-32-75-73-29-10-14-34-89(73)111-92(75)56-66)68-25-17-26-70(48-68)108-85-52-61-22-5-3-20-59(61)49-81(85)78-43-39-58-19-7-8-27-71(58)99(78)108/h3-8,10-23,25-27,29-57,84,94,98,106H,24H2,1-2H3. The molecule has 0 bridgehead atoms. The Hall–Kier alpha value is -13.4. The molecule has 4 atom stereocenters. The zero-order valence-electron chi connectivity index (χ0n) is 61.3. The maximum absolute atomic E-state index is 7.17. The molecule has 0 amide bonds. The summed E-state index contributed by atoms with van der Waals surface area (Å²) in [6.45, 7) is 2.41. The molecule has 1 N–H and O–H groups in total. The lowest BCUT2D eigenvalue weighted by molar-refractivity contribution is 0.356. The summed E-state index contributed by atoms with van der Waals surface area (Å²) in [4.78, 5) is 15.2. The van der Waals surface area contributed by atoms with Crippen molar-refractivity contribution >= 4 is 218 Å². The van der Waals surface area contributed by atoms with Crippen molar-refractivity contribution in [2.24, 2.45) is 15.9 Å². The predicted octanol–water partition coefficient (Wildman–Crippen LogP) is 28.2. The molecule has 0 radical (unpaired) electrons. The fraction of sp³-hybridized carbons (Fsp3) is 0.0680. The zero-order valence-corrected chi connectivity index (χ0v) is 63.8. The largest absolute Gasteiger partial charge is 0.436 e. The maximum atomic E-state index is 7.17. The fourth-order valence-corrected chi connectivity index (χ4v) is 23.0. The van der Waals surface area contributed by atoms with E-state index in [0.29, 0.717) is 5.88 Å². The van der Waals surface area contributed by atoms with E-state index in [1.165, 1.54) is 127 Å². The molecule has 0 fully saturated rings. The smallest absolute Gasteiger partial charge is 0.244 e. The summed E-state index contributed by atoms with van der Waals surface area (Å²) < 4.78 is 17.4. The normalized spacial score (nSPS) is 18.0. The summed E-state index contributed by atoms with van der Waals surface area (Å²) in [6, 6.07) is 101. The number of aromatic nitrogens is 2. The summed E-state index contributed by atoms with van der Waals surface area (Å²) >= 11 is 5.48. The van der Waals surface area contributed by atoms with Crippen LogP contribution in [0.1, 0.15) is 47.0 Å². The Morgan fingerprint density at radius 2 is 1.13 bits per heavy atom. The molecule has 2 aliphatic heterocycles. The summed E-state index contributed by atoms with van der Waals surface area (Å²) in [5.41, 5.74) is 19.0. The molecule has 10 heteroatoms. The first-order chi connectivity index (χ1) is 55.7. The summed E-state index contributed by atoms with van der Waals surface area (Å²) in [6.07, 6.45) is 17.0. The summed E-state index contributed by atoms with van der Waals surface area (Å²) in [5, 5.41) is 25.7. The topological polar surface area (TPSA) is 63.0 Å². The van der Waals surface area contributed by atoms with Crippen LogP contribution in [0.3, 0.4) is 0 Å². The van der Waals surface area contributed by atoms with Gasteiger partial charge in [0.25, 0.3) is 0 Å². The number of hydrogen-bond donors (Lipinski definition) is 1. The van der Waals surface area contributed by atoms with Crippen LogP contribution in [-0.4, -0.2) is 27.6 Å². The molecule has 4 unspecified atom stereocenters. The number of rotatable bonds is 7. The second-order valence-corrected chi connectivity index (χ2v) is 34.4. The van der Waals surface area contributed by atoms with Crippen LogP contribution >= 0.6 is 34.0 Å². The number of furan rings is 1. The van der Waals surface area contributed by atoms with Gasteiger partial charge < -0.3 is 23.8 Å². The lowest BCUT2D eigenvalue weighted by Gasteiger charge is -2.41. The van der Waals surface area contributed by atoms with Crippen LogP contribution < -0.4 is 10.2 Å². The highest BCUT2D eigenvalue weighted by molar-refractivity contribution is 7.26. The Labute approximate surface area is 660 Å². The first-order valence-corrected chi connectivity index (χ1v) is 41.2. The molecular formula is C103H64N6OS3. The summed E-state index contributed by atoms with van der Waals surface area (Å²) in [5.74, 6) is 7.73. The molecule has 3 aliphatic carbocycles. The molecule has 20 aromatic rings. The second kappa shape index (κ2) is 23.8. The van der Waals surface area contributed by atoms with Crippen molar-refractivity contribution in [2.75, 3.05) is 17.3 Å². The fourth-order valence-electron chi connectivity index (χ4n) is 19.6. The molecular weight excluding hydrogens is 1430 g/mol. The van der Waals surface area contributed by atoms with Gasteiger partial charge in [0.2, 0.25) is 5.88 Å². The number of aliphatic imine (C=N–C) groups is 2. The number of benzene rings is 14. The number of nitrogens with one attached hydrogen (secondary N) is 1. The minimum Gasteiger partial charge on any atom is -0.436 e. The molecule has 0 spiro atoms. The highest BCUT2D eigenvalue weighted by Gasteiger charge is 2.44. The van der Waals surface area contributed by atoms with Gasteiger partial charge in [-0.2, -0.15) is 0 Å². The number of hydrogen-bond acceptors (Lipinski definition) is 8. The minimum absolute atomic E-state index is 0.126. The van der Waals surface area contributed by atoms with Crippen molar-refractivity contribution in [3.63, 3.8) is 0 Å². The van der Waals surface area contributed by atoms with Gasteiger partial charge in [-0.1, -0.05) is 224 Å². The van der Waals surface area contributed by atoms with Crippen molar-refractivity contribution in [3.8, 4) is 28.7 Å². The maximum Gasteiger partial charge on any atom is 0.244 e. The van der Waals surface area contributed by atoms with E-state index in [2.05, 4.69) is 361 Å². The van der Waals surface area contributed by atoms with Gasteiger partial charge in [0.05, 0.1) is 51.1 Å². The first kappa shape index (κ1) is 63.4. The van der Waals surface area contributed by atoms with E-state index < -0.39 is 5.54 Å². The van der Waals surface area contributed by atoms with Crippen LogP contribution in [0.15, 0.2) is 334 Å². The Bertz CT molecular complexity index is 8030. The van der Waals surface area contributed by atoms with Gasteiger partial charge in [0.15, 0.2) is 0 Å². The number of anilines is 2. The van der Waals surface area contributed by atoms with Crippen LogP contribution in [0.25, 0.3) is 167 Å². The van der Waals surface area contributed by atoms with E-state index in [1.54, 1.807) is 11.3 Å². The van der Waals surface area contributed by atoms with Gasteiger partial charge in [-0.15, -0.1) is 34.0 Å². The monoisotopic (exact) mass is 1500 g/mol. The lowest BCUT2D eigenvalue weighted by Crippen LogP contribution is -2.40. The third kappa shape index (κ3) is 9.36. The number of nitrogens with zero attached hydrogens (tertiary/aromatic N) is 5. The van der Waals surface area contributed by atoms with E-state index >= 15 is 0 Å². The molecule has 530 valence electrons. The van der Waals surface area contributed by atoms with Crippen molar-refractivity contribution < 1.29 is 4.42 Å². The molecule has 0 saturated heterocycles. The quantitative estimate of drug-likeness (QED) is 0.162. The van der Waals surface area contributed by atoms with Gasteiger partial charge in [0, 0.05) is 113 Å². The van der Waals surface area contributed by atoms with E-state index in [1.807, 2.05) is 22.7 Å². The molecule has 7 nitrogen and oxygen atoms in total. The first-order valence-electron chi connectivity index (χ1n) is 38.8. The van der Waals surface area contributed by atoms with Gasteiger partial charge in [0.1, 0.15) is 22.0 Å². The molecule has 5 aliphatic rings. The number of allylic oxidation sites excluding steroid dienone is 6. The minimum atomic E-state index is -0.596. The summed E-state index contributed by atoms with van der Waals surface area (Å²) in [7, 11) is 2.24. The van der Waals surface area contributed by atoms with Gasteiger partial charge >= 0.3 is 0 Å². The molecule has 0 saturated carbocycles.